The minimum absolute atomic E-state index is 0.0513. The minimum Gasteiger partial charge on any atom is -0.504 e. The lowest BCUT2D eigenvalue weighted by Gasteiger charge is -2.39. The monoisotopic (exact) mass is 492 g/mol. The summed E-state index contributed by atoms with van der Waals surface area (Å²) in [5.41, 5.74) is 1.45. The quantitative estimate of drug-likeness (QED) is 0.258. The lowest BCUT2D eigenvalue weighted by atomic mass is 9.99. The van der Waals surface area contributed by atoms with Crippen molar-refractivity contribution in [2.75, 3.05) is 13.2 Å². The van der Waals surface area contributed by atoms with Crippen LogP contribution in [0.25, 0.3) is 11.0 Å². The van der Waals surface area contributed by atoms with Crippen LogP contribution in [0.3, 0.4) is 0 Å². The van der Waals surface area contributed by atoms with Gasteiger partial charge < -0.3 is 44.2 Å². The molecular formula is C25H32O10. The highest BCUT2D eigenvalue weighted by molar-refractivity contribution is 5.86. The highest BCUT2D eigenvalue weighted by Gasteiger charge is 2.45. The summed E-state index contributed by atoms with van der Waals surface area (Å²) in [6.07, 6.45) is -1.92. The van der Waals surface area contributed by atoms with Crippen molar-refractivity contribution in [3.8, 4) is 17.2 Å². The van der Waals surface area contributed by atoms with E-state index in [4.69, 9.17) is 18.6 Å². The van der Waals surface area contributed by atoms with Crippen LogP contribution in [0.1, 0.15) is 33.6 Å². The number of aliphatic hydroxyl groups is 4. The molecule has 0 radical (unpaired) electrons. The molecule has 10 heteroatoms. The molecule has 0 spiro atoms. The molecule has 1 aromatic carbocycles. The molecular weight excluding hydrogens is 460 g/mol. The highest BCUT2D eigenvalue weighted by Crippen LogP contribution is 2.35. The second-order valence-corrected chi connectivity index (χ2v) is 8.72. The average Bonchev–Trinajstić information content (AvgIpc) is 2.81. The van der Waals surface area contributed by atoms with Crippen LogP contribution in [-0.2, 0) is 4.74 Å². The van der Waals surface area contributed by atoms with Crippen molar-refractivity contribution in [3.63, 3.8) is 0 Å². The van der Waals surface area contributed by atoms with Gasteiger partial charge in [0.1, 0.15) is 42.4 Å². The van der Waals surface area contributed by atoms with Gasteiger partial charge in [-0.25, -0.2) is 4.79 Å². The predicted molar refractivity (Wildman–Crippen MR) is 126 cm³/mol. The Bertz CT molecular complexity index is 1130. The standard InChI is InChI=1S/C25H32O10/c1-13(2)5-4-6-14(3)9-10-32-15-7-8-16-17(11-15)33-24(31)23(19(16)27)35-25-22(30)21(29)20(28)18(12-26)34-25/h5,7-9,11,18,20-22,25-30H,4,6,10,12H2,1-3H3/t18-,20-,21+,22-,25+/m1/s1. The Kier molecular flexibility index (Phi) is 8.92. The molecule has 0 saturated carbocycles. The number of fused-ring (bicyclic) bond motifs is 1. The van der Waals surface area contributed by atoms with Gasteiger partial charge in [-0.15, -0.1) is 0 Å². The normalized spacial score (nSPS) is 24.9. The van der Waals surface area contributed by atoms with E-state index in [1.54, 1.807) is 6.07 Å². The minimum atomic E-state index is -1.75. The summed E-state index contributed by atoms with van der Waals surface area (Å²) >= 11 is 0. The second-order valence-electron chi connectivity index (χ2n) is 8.72. The maximum atomic E-state index is 12.5. The number of hydrogen-bond donors (Lipinski definition) is 5. The van der Waals surface area contributed by atoms with Gasteiger partial charge in [0, 0.05) is 6.07 Å². The lowest BCUT2D eigenvalue weighted by Crippen LogP contribution is -2.60. The molecule has 5 atom stereocenters. The van der Waals surface area contributed by atoms with Gasteiger partial charge in [-0.1, -0.05) is 17.2 Å². The molecule has 2 heterocycles. The van der Waals surface area contributed by atoms with Gasteiger partial charge >= 0.3 is 5.63 Å². The Hall–Kier alpha value is -2.89. The van der Waals surface area contributed by atoms with E-state index in [9.17, 15) is 30.3 Å². The van der Waals surface area contributed by atoms with E-state index < -0.39 is 54.4 Å². The average molecular weight is 493 g/mol. The smallest absolute Gasteiger partial charge is 0.383 e. The van der Waals surface area contributed by atoms with Gasteiger partial charge in [0.2, 0.25) is 6.29 Å². The van der Waals surface area contributed by atoms with Gasteiger partial charge in [-0.05, 0) is 51.8 Å². The molecule has 10 nitrogen and oxygen atoms in total. The van der Waals surface area contributed by atoms with Gasteiger partial charge in [0.25, 0.3) is 5.75 Å². The molecule has 0 aliphatic carbocycles. The molecule has 192 valence electrons. The summed E-state index contributed by atoms with van der Waals surface area (Å²) in [6.45, 7) is 5.79. The van der Waals surface area contributed by atoms with Gasteiger partial charge in [-0.3, -0.25) is 0 Å². The number of aliphatic hydroxyl groups excluding tert-OH is 4. The predicted octanol–water partition coefficient (Wildman–Crippen LogP) is 1.75. The molecule has 5 N–H and O–H groups in total. The number of aromatic hydroxyl groups is 1. The zero-order chi connectivity index (χ0) is 25.7. The largest absolute Gasteiger partial charge is 0.504 e. The summed E-state index contributed by atoms with van der Waals surface area (Å²) in [5, 5.41) is 49.9. The maximum Gasteiger partial charge on any atom is 0.383 e. The van der Waals surface area contributed by atoms with Crippen LogP contribution in [0.2, 0.25) is 0 Å². The molecule has 0 bridgehead atoms. The Labute approximate surface area is 202 Å². The Balaban J connectivity index is 1.74. The van der Waals surface area contributed by atoms with Crippen LogP contribution in [-0.4, -0.2) is 69.5 Å². The van der Waals surface area contributed by atoms with E-state index in [0.717, 1.165) is 12.8 Å². The van der Waals surface area contributed by atoms with E-state index >= 15 is 0 Å². The van der Waals surface area contributed by atoms with Gasteiger partial charge in [-0.2, -0.15) is 0 Å². The first-order chi connectivity index (χ1) is 16.6. The molecule has 1 fully saturated rings. The molecule has 1 aliphatic rings. The third-order valence-corrected chi connectivity index (χ3v) is 5.67. The zero-order valence-electron chi connectivity index (χ0n) is 19.9. The summed E-state index contributed by atoms with van der Waals surface area (Å²) in [6, 6.07) is 4.53. The van der Waals surface area contributed by atoms with E-state index in [-0.39, 0.29) is 11.0 Å². The molecule has 35 heavy (non-hydrogen) atoms. The summed E-state index contributed by atoms with van der Waals surface area (Å²) in [4.78, 5) is 12.5. The number of hydrogen-bond acceptors (Lipinski definition) is 10. The van der Waals surface area contributed by atoms with E-state index in [1.807, 2.05) is 13.0 Å². The van der Waals surface area contributed by atoms with Crippen LogP contribution in [0.5, 0.6) is 17.2 Å². The fourth-order valence-corrected chi connectivity index (χ4v) is 3.59. The van der Waals surface area contributed by atoms with Crippen LogP contribution >= 0.6 is 0 Å². The molecule has 1 saturated heterocycles. The SMILES string of the molecule is CC(C)=CCCC(C)=CCOc1ccc2c(O)c(O[C@@H]3O[C@H](CO)[C@@H](O)[C@H](O)[C@H]3O)c(=O)oc2c1. The van der Waals surface area contributed by atoms with Crippen LogP contribution in [0, 0.1) is 0 Å². The van der Waals surface area contributed by atoms with Crippen molar-refractivity contribution >= 4 is 11.0 Å². The van der Waals surface area contributed by atoms with E-state index in [1.165, 1.54) is 23.3 Å². The summed E-state index contributed by atoms with van der Waals surface area (Å²) < 4.78 is 21.5. The number of rotatable bonds is 9. The Morgan fingerprint density at radius 3 is 2.51 bits per heavy atom. The summed E-state index contributed by atoms with van der Waals surface area (Å²) in [7, 11) is 0. The number of benzene rings is 1. The second kappa shape index (κ2) is 11.7. The van der Waals surface area contributed by atoms with Crippen molar-refractivity contribution in [1.82, 2.24) is 0 Å². The number of allylic oxidation sites excluding steroid dienone is 3. The van der Waals surface area contributed by atoms with Crippen molar-refractivity contribution in [1.29, 1.82) is 0 Å². The number of ether oxygens (including phenoxy) is 3. The summed E-state index contributed by atoms with van der Waals surface area (Å²) in [5.74, 6) is -0.781. The molecule has 0 amide bonds. The molecule has 1 aliphatic heterocycles. The van der Waals surface area contributed by atoms with Crippen LogP contribution in [0.4, 0.5) is 0 Å². The Morgan fingerprint density at radius 2 is 1.83 bits per heavy atom. The third kappa shape index (κ3) is 6.41. The third-order valence-electron chi connectivity index (χ3n) is 5.67. The lowest BCUT2D eigenvalue weighted by molar-refractivity contribution is -0.278. The van der Waals surface area contributed by atoms with Crippen molar-refractivity contribution in [2.24, 2.45) is 0 Å². The fourth-order valence-electron chi connectivity index (χ4n) is 3.59. The van der Waals surface area contributed by atoms with Crippen LogP contribution < -0.4 is 15.1 Å². The van der Waals surface area contributed by atoms with Crippen molar-refractivity contribution in [2.45, 2.75) is 64.3 Å². The highest BCUT2D eigenvalue weighted by atomic mass is 16.7. The first kappa shape index (κ1) is 26.7. The first-order valence-electron chi connectivity index (χ1n) is 11.3. The van der Waals surface area contributed by atoms with E-state index in [0.29, 0.717) is 12.4 Å². The molecule has 1 aromatic heterocycles. The van der Waals surface area contributed by atoms with Crippen molar-refractivity contribution in [3.05, 3.63) is 51.9 Å². The first-order valence-corrected chi connectivity index (χ1v) is 11.3. The van der Waals surface area contributed by atoms with Crippen molar-refractivity contribution < 1.29 is 44.2 Å². The van der Waals surface area contributed by atoms with E-state index in [2.05, 4.69) is 19.9 Å². The molecule has 3 rings (SSSR count). The maximum absolute atomic E-state index is 12.5. The molecule has 0 unspecified atom stereocenters. The fraction of sp³-hybridized carbons (Fsp3) is 0.480. The topological polar surface area (TPSA) is 159 Å². The molecule has 2 aromatic rings. The van der Waals surface area contributed by atoms with Gasteiger partial charge in [0.15, 0.2) is 5.75 Å². The zero-order valence-corrected chi connectivity index (χ0v) is 19.9. The van der Waals surface area contributed by atoms with Gasteiger partial charge in [0.05, 0.1) is 12.0 Å². The van der Waals surface area contributed by atoms with Crippen LogP contribution in [0.15, 0.2) is 50.7 Å². The Morgan fingerprint density at radius 1 is 1.09 bits per heavy atom.